The summed E-state index contributed by atoms with van der Waals surface area (Å²) >= 11 is 2.89. The SMILES string of the molecule is Cc1nc(-c2csc3ccccc23)sc1C(=O)O. The molecule has 90 valence electrons. The fourth-order valence-electron chi connectivity index (χ4n) is 1.85. The number of hydrogen-bond donors (Lipinski definition) is 1. The van der Waals surface area contributed by atoms with Crippen molar-refractivity contribution in [2.24, 2.45) is 0 Å². The van der Waals surface area contributed by atoms with Gasteiger partial charge in [-0.25, -0.2) is 9.78 Å². The molecule has 0 unspecified atom stereocenters. The molecule has 0 atom stereocenters. The summed E-state index contributed by atoms with van der Waals surface area (Å²) in [6.45, 7) is 1.73. The number of aromatic carboxylic acids is 1. The minimum absolute atomic E-state index is 0.320. The molecule has 0 aliphatic rings. The van der Waals surface area contributed by atoms with Gasteiger partial charge >= 0.3 is 5.97 Å². The van der Waals surface area contributed by atoms with Crippen molar-refractivity contribution in [2.45, 2.75) is 6.92 Å². The van der Waals surface area contributed by atoms with Crippen LogP contribution in [0.15, 0.2) is 29.6 Å². The third-order valence-electron chi connectivity index (χ3n) is 2.70. The summed E-state index contributed by atoms with van der Waals surface area (Å²) in [4.78, 5) is 15.7. The molecule has 2 aromatic heterocycles. The van der Waals surface area contributed by atoms with Crippen LogP contribution in [0.3, 0.4) is 0 Å². The Morgan fingerprint density at radius 2 is 2.11 bits per heavy atom. The fourth-order valence-corrected chi connectivity index (χ4v) is 3.81. The van der Waals surface area contributed by atoms with Gasteiger partial charge in [-0.2, -0.15) is 0 Å². The van der Waals surface area contributed by atoms with E-state index in [-0.39, 0.29) is 0 Å². The molecular weight excluding hydrogens is 266 g/mol. The predicted molar refractivity (Wildman–Crippen MR) is 74.6 cm³/mol. The average molecular weight is 275 g/mol. The first-order chi connectivity index (χ1) is 8.66. The smallest absolute Gasteiger partial charge is 0.347 e. The topological polar surface area (TPSA) is 50.2 Å². The van der Waals surface area contributed by atoms with Gasteiger partial charge in [-0.15, -0.1) is 22.7 Å². The second-order valence-electron chi connectivity index (χ2n) is 3.88. The predicted octanol–water partition coefficient (Wildman–Crippen LogP) is 4.03. The molecule has 0 bridgehead atoms. The summed E-state index contributed by atoms with van der Waals surface area (Å²) in [6.07, 6.45) is 0. The Balaban J connectivity index is 2.20. The van der Waals surface area contributed by atoms with Gasteiger partial charge in [0.2, 0.25) is 0 Å². The van der Waals surface area contributed by atoms with Crippen LogP contribution in [0, 0.1) is 6.92 Å². The summed E-state index contributed by atoms with van der Waals surface area (Å²) in [5.41, 5.74) is 1.61. The number of carboxylic acids is 1. The van der Waals surface area contributed by atoms with Crippen LogP contribution >= 0.6 is 22.7 Å². The van der Waals surface area contributed by atoms with E-state index in [9.17, 15) is 4.79 Å². The van der Waals surface area contributed by atoms with Gasteiger partial charge in [0.05, 0.1) is 5.69 Å². The maximum Gasteiger partial charge on any atom is 0.347 e. The highest BCUT2D eigenvalue weighted by molar-refractivity contribution is 7.20. The van der Waals surface area contributed by atoms with Crippen LogP contribution in [0.2, 0.25) is 0 Å². The van der Waals surface area contributed by atoms with Crippen molar-refractivity contribution in [3.8, 4) is 10.6 Å². The van der Waals surface area contributed by atoms with Crippen LogP contribution in [0.4, 0.5) is 0 Å². The normalized spacial score (nSPS) is 10.9. The van der Waals surface area contributed by atoms with Crippen molar-refractivity contribution >= 4 is 38.7 Å². The summed E-state index contributed by atoms with van der Waals surface area (Å²) in [6, 6.07) is 8.08. The molecule has 0 radical (unpaired) electrons. The molecule has 1 N–H and O–H groups in total. The fraction of sp³-hybridized carbons (Fsp3) is 0.0769. The number of nitrogens with zero attached hydrogens (tertiary/aromatic N) is 1. The van der Waals surface area contributed by atoms with Gasteiger partial charge in [0.1, 0.15) is 9.88 Å². The van der Waals surface area contributed by atoms with Gasteiger partial charge in [-0.3, -0.25) is 0 Å². The van der Waals surface area contributed by atoms with E-state index >= 15 is 0 Å². The van der Waals surface area contributed by atoms with Gasteiger partial charge in [0.15, 0.2) is 0 Å². The van der Waals surface area contributed by atoms with Gasteiger partial charge < -0.3 is 5.11 Å². The molecule has 0 amide bonds. The number of rotatable bonds is 2. The van der Waals surface area contributed by atoms with Crippen LogP contribution in [0.25, 0.3) is 20.7 Å². The van der Waals surface area contributed by atoms with Crippen molar-refractivity contribution in [3.63, 3.8) is 0 Å². The van der Waals surface area contributed by atoms with E-state index in [0.29, 0.717) is 10.6 Å². The zero-order valence-electron chi connectivity index (χ0n) is 9.51. The monoisotopic (exact) mass is 275 g/mol. The molecule has 0 fully saturated rings. The molecule has 0 saturated carbocycles. The van der Waals surface area contributed by atoms with E-state index in [2.05, 4.69) is 11.1 Å². The lowest BCUT2D eigenvalue weighted by Crippen LogP contribution is -1.94. The maximum absolute atomic E-state index is 11.0. The van der Waals surface area contributed by atoms with Gasteiger partial charge in [-0.05, 0) is 13.0 Å². The number of aromatic nitrogens is 1. The summed E-state index contributed by atoms with van der Waals surface area (Å²) in [5.74, 6) is -0.907. The Morgan fingerprint density at radius 3 is 2.83 bits per heavy atom. The molecule has 3 nitrogen and oxygen atoms in total. The second kappa shape index (κ2) is 4.19. The van der Waals surface area contributed by atoms with Crippen LogP contribution in [-0.2, 0) is 0 Å². The van der Waals surface area contributed by atoms with Gasteiger partial charge in [0, 0.05) is 21.0 Å². The first-order valence-corrected chi connectivity index (χ1v) is 7.04. The first kappa shape index (κ1) is 11.4. The number of aryl methyl sites for hydroxylation is 1. The number of thiophene rings is 1. The number of hydrogen-bond acceptors (Lipinski definition) is 4. The van der Waals surface area contributed by atoms with Crippen LogP contribution < -0.4 is 0 Å². The molecule has 3 rings (SSSR count). The van der Waals surface area contributed by atoms with Gasteiger partial charge in [-0.1, -0.05) is 18.2 Å². The lowest BCUT2D eigenvalue weighted by atomic mass is 10.2. The van der Waals surface area contributed by atoms with E-state index in [0.717, 1.165) is 16.0 Å². The standard InChI is InChI=1S/C13H9NO2S2/c1-7-11(13(15)16)18-12(14-7)9-6-17-10-5-3-2-4-8(9)10/h2-6H,1H3,(H,15,16). The third kappa shape index (κ3) is 1.72. The van der Waals surface area contributed by atoms with E-state index < -0.39 is 5.97 Å². The Labute approximate surface area is 111 Å². The van der Waals surface area contributed by atoms with E-state index in [4.69, 9.17) is 5.11 Å². The first-order valence-electron chi connectivity index (χ1n) is 5.34. The molecule has 1 aromatic carbocycles. The molecule has 0 spiro atoms. The zero-order valence-corrected chi connectivity index (χ0v) is 11.1. The number of carbonyl (C=O) groups is 1. The third-order valence-corrected chi connectivity index (χ3v) is 4.84. The highest BCUT2D eigenvalue weighted by Crippen LogP contribution is 2.36. The van der Waals surface area contributed by atoms with Crippen LogP contribution in [-0.4, -0.2) is 16.1 Å². The molecule has 3 aromatic rings. The Hall–Kier alpha value is -1.72. The van der Waals surface area contributed by atoms with Crippen LogP contribution in [0.1, 0.15) is 15.4 Å². The summed E-state index contributed by atoms with van der Waals surface area (Å²) < 4.78 is 1.19. The number of fused-ring (bicyclic) bond motifs is 1. The minimum Gasteiger partial charge on any atom is -0.477 e. The van der Waals surface area contributed by atoms with Crippen molar-refractivity contribution in [3.05, 3.63) is 40.2 Å². The second-order valence-corrected chi connectivity index (χ2v) is 5.79. The maximum atomic E-state index is 11.0. The van der Waals surface area contributed by atoms with Gasteiger partial charge in [0.25, 0.3) is 0 Å². The van der Waals surface area contributed by atoms with Crippen molar-refractivity contribution in [2.75, 3.05) is 0 Å². The number of benzene rings is 1. The Kier molecular flexibility index (Phi) is 2.65. The quantitative estimate of drug-likeness (QED) is 0.768. The number of thiazole rings is 1. The molecule has 0 saturated heterocycles. The molecule has 2 heterocycles. The van der Waals surface area contributed by atoms with Crippen molar-refractivity contribution < 1.29 is 9.90 Å². The Bertz CT molecular complexity index is 742. The highest BCUT2D eigenvalue weighted by Gasteiger charge is 2.16. The zero-order chi connectivity index (χ0) is 12.7. The largest absolute Gasteiger partial charge is 0.477 e. The highest BCUT2D eigenvalue weighted by atomic mass is 32.1. The van der Waals surface area contributed by atoms with Crippen molar-refractivity contribution in [1.29, 1.82) is 0 Å². The average Bonchev–Trinajstić information content (AvgIpc) is 2.92. The molecule has 0 aliphatic heterocycles. The lowest BCUT2D eigenvalue weighted by molar-refractivity contribution is 0.0701. The van der Waals surface area contributed by atoms with E-state index in [1.165, 1.54) is 16.0 Å². The lowest BCUT2D eigenvalue weighted by Gasteiger charge is -1.92. The molecule has 0 aliphatic carbocycles. The number of carboxylic acid groups (broad SMARTS) is 1. The summed E-state index contributed by atoms with van der Waals surface area (Å²) in [5, 5.41) is 13.0. The Morgan fingerprint density at radius 1 is 1.33 bits per heavy atom. The molecule has 5 heteroatoms. The van der Waals surface area contributed by atoms with E-state index in [1.54, 1.807) is 18.3 Å². The van der Waals surface area contributed by atoms with E-state index in [1.807, 2.05) is 23.6 Å². The minimum atomic E-state index is -0.907. The van der Waals surface area contributed by atoms with Crippen LogP contribution in [0.5, 0.6) is 0 Å². The summed E-state index contributed by atoms with van der Waals surface area (Å²) in [7, 11) is 0. The van der Waals surface area contributed by atoms with Crippen molar-refractivity contribution in [1.82, 2.24) is 4.98 Å². The molecular formula is C13H9NO2S2. The molecule has 18 heavy (non-hydrogen) atoms.